The monoisotopic (exact) mass is 358 g/mol. The van der Waals surface area contributed by atoms with Gasteiger partial charge in [-0.3, -0.25) is 9.88 Å². The van der Waals surface area contributed by atoms with Crippen molar-refractivity contribution in [1.29, 1.82) is 0 Å². The molecule has 0 bridgehead atoms. The fraction of sp³-hybridized carbons (Fsp3) is 0.182. The highest BCUT2D eigenvalue weighted by atomic mass is 19.1. The lowest BCUT2D eigenvalue weighted by Crippen LogP contribution is -2.28. The van der Waals surface area contributed by atoms with E-state index in [0.29, 0.717) is 5.39 Å². The molecule has 0 saturated carbocycles. The average Bonchev–Trinajstić information content (AvgIpc) is 3.15. The van der Waals surface area contributed by atoms with Crippen molar-refractivity contribution in [3.8, 4) is 0 Å². The lowest BCUT2D eigenvalue weighted by atomic mass is 9.99. The molecule has 0 aliphatic carbocycles. The molecular weight excluding hydrogens is 339 g/mol. The predicted octanol–water partition coefficient (Wildman–Crippen LogP) is 4.54. The van der Waals surface area contributed by atoms with Crippen LogP contribution in [0.15, 0.2) is 61.1 Å². The smallest absolute Gasteiger partial charge is 0.137 e. The van der Waals surface area contributed by atoms with E-state index >= 15 is 0 Å². The summed E-state index contributed by atoms with van der Waals surface area (Å²) >= 11 is 0. The molecule has 0 saturated heterocycles. The lowest BCUT2D eigenvalue weighted by Gasteiger charge is -2.26. The number of benzene rings is 1. The van der Waals surface area contributed by atoms with E-state index in [1.54, 1.807) is 30.6 Å². The molecule has 1 aromatic carbocycles. The Morgan fingerprint density at radius 1 is 1.04 bits per heavy atom. The van der Waals surface area contributed by atoms with Crippen molar-refractivity contribution in [1.82, 2.24) is 19.9 Å². The molecular formula is C22H19FN4. The molecule has 0 radical (unpaired) electrons. The van der Waals surface area contributed by atoms with E-state index in [1.807, 2.05) is 12.1 Å². The van der Waals surface area contributed by atoms with Crippen molar-refractivity contribution < 1.29 is 4.39 Å². The van der Waals surface area contributed by atoms with Crippen LogP contribution in [-0.4, -0.2) is 32.9 Å². The standard InChI is InChI=1S/C22H19FN4/c23-20-6-5-16(21-18(20)4-2-9-24-21)14-27-11-7-15(8-12-27)19-13-26-22-17(19)3-1-10-25-22/h1-7,9-10,13H,8,11-12,14H2,(H,25,26). The van der Waals surface area contributed by atoms with Gasteiger partial charge in [0.05, 0.1) is 5.52 Å². The van der Waals surface area contributed by atoms with E-state index in [4.69, 9.17) is 0 Å². The van der Waals surface area contributed by atoms with E-state index in [2.05, 4.69) is 38.2 Å². The first-order chi connectivity index (χ1) is 13.3. The second-order valence-electron chi connectivity index (χ2n) is 6.92. The van der Waals surface area contributed by atoms with Gasteiger partial charge in [-0.25, -0.2) is 9.37 Å². The first-order valence-electron chi connectivity index (χ1n) is 9.15. The summed E-state index contributed by atoms with van der Waals surface area (Å²) in [6, 6.07) is 11.1. The lowest BCUT2D eigenvalue weighted by molar-refractivity contribution is 0.295. The third-order valence-electron chi connectivity index (χ3n) is 5.28. The first kappa shape index (κ1) is 16.1. The Morgan fingerprint density at radius 3 is 2.74 bits per heavy atom. The second kappa shape index (κ2) is 6.59. The zero-order chi connectivity index (χ0) is 18.2. The normalized spacial score (nSPS) is 15.4. The number of fused-ring (bicyclic) bond motifs is 2. The maximum absolute atomic E-state index is 14.0. The topological polar surface area (TPSA) is 44.8 Å². The summed E-state index contributed by atoms with van der Waals surface area (Å²) in [5.74, 6) is -0.212. The van der Waals surface area contributed by atoms with Crippen LogP contribution in [0.5, 0.6) is 0 Å². The van der Waals surface area contributed by atoms with Crippen LogP contribution in [0.4, 0.5) is 4.39 Å². The van der Waals surface area contributed by atoms with Crippen LogP contribution in [0.2, 0.25) is 0 Å². The molecule has 4 heterocycles. The number of aromatic amines is 1. The van der Waals surface area contributed by atoms with Crippen LogP contribution < -0.4 is 0 Å². The van der Waals surface area contributed by atoms with E-state index in [0.717, 1.165) is 42.8 Å². The van der Waals surface area contributed by atoms with Gasteiger partial charge in [-0.05, 0) is 47.9 Å². The molecule has 0 fully saturated rings. The molecule has 1 aliphatic rings. The maximum Gasteiger partial charge on any atom is 0.137 e. The van der Waals surface area contributed by atoms with Crippen LogP contribution in [0.25, 0.3) is 27.5 Å². The molecule has 0 unspecified atom stereocenters. The van der Waals surface area contributed by atoms with Crippen LogP contribution >= 0.6 is 0 Å². The minimum atomic E-state index is -0.212. The number of rotatable bonds is 3. The van der Waals surface area contributed by atoms with Crippen molar-refractivity contribution in [3.63, 3.8) is 0 Å². The molecule has 0 amide bonds. The Hall–Kier alpha value is -3.05. The van der Waals surface area contributed by atoms with Gasteiger partial charge in [-0.1, -0.05) is 12.1 Å². The van der Waals surface area contributed by atoms with Gasteiger partial charge in [-0.2, -0.15) is 0 Å². The van der Waals surface area contributed by atoms with Gasteiger partial charge in [-0.15, -0.1) is 0 Å². The Labute approximate surface area is 156 Å². The van der Waals surface area contributed by atoms with E-state index in [-0.39, 0.29) is 5.82 Å². The number of nitrogens with zero attached hydrogens (tertiary/aromatic N) is 3. The number of hydrogen-bond acceptors (Lipinski definition) is 3. The minimum absolute atomic E-state index is 0.212. The molecule has 1 N–H and O–H groups in total. The van der Waals surface area contributed by atoms with Crippen LogP contribution in [-0.2, 0) is 6.54 Å². The van der Waals surface area contributed by atoms with Crippen molar-refractivity contribution >= 4 is 27.5 Å². The summed E-state index contributed by atoms with van der Waals surface area (Å²) in [7, 11) is 0. The first-order valence-corrected chi connectivity index (χ1v) is 9.15. The number of nitrogens with one attached hydrogen (secondary N) is 1. The highest BCUT2D eigenvalue weighted by molar-refractivity contribution is 5.90. The third kappa shape index (κ3) is 2.90. The molecule has 4 aromatic rings. The highest BCUT2D eigenvalue weighted by Crippen LogP contribution is 2.29. The molecule has 1 aliphatic heterocycles. The summed E-state index contributed by atoms with van der Waals surface area (Å²) in [6.07, 6.45) is 8.86. The fourth-order valence-electron chi connectivity index (χ4n) is 3.89. The van der Waals surface area contributed by atoms with Gasteiger partial charge < -0.3 is 4.98 Å². The number of H-pyrrole nitrogens is 1. The largest absolute Gasteiger partial charge is 0.346 e. The summed E-state index contributed by atoms with van der Waals surface area (Å²) in [4.78, 5) is 14.4. The maximum atomic E-state index is 14.0. The molecule has 0 spiro atoms. The molecule has 27 heavy (non-hydrogen) atoms. The summed E-state index contributed by atoms with van der Waals surface area (Å²) in [5, 5.41) is 1.76. The summed E-state index contributed by atoms with van der Waals surface area (Å²) < 4.78 is 14.0. The van der Waals surface area contributed by atoms with Crippen LogP contribution in [0, 0.1) is 5.82 Å². The van der Waals surface area contributed by atoms with Gasteiger partial charge in [0.1, 0.15) is 11.5 Å². The summed E-state index contributed by atoms with van der Waals surface area (Å²) in [5.41, 5.74) is 5.36. The number of aromatic nitrogens is 3. The van der Waals surface area contributed by atoms with Gasteiger partial charge in [0.25, 0.3) is 0 Å². The summed E-state index contributed by atoms with van der Waals surface area (Å²) in [6.45, 7) is 2.60. The van der Waals surface area contributed by atoms with E-state index < -0.39 is 0 Å². The van der Waals surface area contributed by atoms with Crippen LogP contribution in [0.1, 0.15) is 17.5 Å². The zero-order valence-electron chi connectivity index (χ0n) is 14.8. The fourth-order valence-corrected chi connectivity index (χ4v) is 3.89. The quantitative estimate of drug-likeness (QED) is 0.585. The number of hydrogen-bond donors (Lipinski definition) is 1. The number of halogens is 1. The molecule has 5 rings (SSSR count). The Kier molecular flexibility index (Phi) is 3.94. The Morgan fingerprint density at radius 2 is 1.89 bits per heavy atom. The Balaban J connectivity index is 1.39. The van der Waals surface area contributed by atoms with Crippen molar-refractivity contribution in [2.45, 2.75) is 13.0 Å². The predicted molar refractivity (Wildman–Crippen MR) is 106 cm³/mol. The van der Waals surface area contributed by atoms with Gasteiger partial charge >= 0.3 is 0 Å². The van der Waals surface area contributed by atoms with Crippen LogP contribution in [0.3, 0.4) is 0 Å². The zero-order valence-corrected chi connectivity index (χ0v) is 14.8. The number of pyridine rings is 2. The van der Waals surface area contributed by atoms with Gasteiger partial charge in [0.2, 0.25) is 0 Å². The van der Waals surface area contributed by atoms with Crippen molar-refractivity contribution in [3.05, 3.63) is 78.0 Å². The van der Waals surface area contributed by atoms with Crippen molar-refractivity contribution in [2.24, 2.45) is 0 Å². The minimum Gasteiger partial charge on any atom is -0.346 e. The SMILES string of the molecule is Fc1ccc(CN2CC=C(c3c[nH]c4ncccc34)CC2)c2ncccc12. The molecule has 4 nitrogen and oxygen atoms in total. The highest BCUT2D eigenvalue weighted by Gasteiger charge is 2.17. The molecule has 134 valence electrons. The van der Waals surface area contributed by atoms with Crippen molar-refractivity contribution in [2.75, 3.05) is 13.1 Å². The van der Waals surface area contributed by atoms with E-state index in [1.165, 1.54) is 16.5 Å². The van der Waals surface area contributed by atoms with Gasteiger partial charge in [0, 0.05) is 54.6 Å². The molecule has 0 atom stereocenters. The molecule has 5 heteroatoms. The van der Waals surface area contributed by atoms with Gasteiger partial charge in [0.15, 0.2) is 0 Å². The third-order valence-corrected chi connectivity index (χ3v) is 5.28. The Bertz CT molecular complexity index is 1160. The second-order valence-corrected chi connectivity index (χ2v) is 6.92. The average molecular weight is 358 g/mol. The molecule has 3 aromatic heterocycles. The van der Waals surface area contributed by atoms with E-state index in [9.17, 15) is 4.39 Å².